The van der Waals surface area contributed by atoms with Crippen molar-refractivity contribution >= 4 is 17.7 Å². The van der Waals surface area contributed by atoms with Gasteiger partial charge in [0, 0.05) is 11.1 Å². The summed E-state index contributed by atoms with van der Waals surface area (Å²) < 4.78 is 35.6. The molecule has 1 aromatic heterocycles. The first-order valence-corrected chi connectivity index (χ1v) is 5.40. The van der Waals surface area contributed by atoms with Crippen molar-refractivity contribution in [3.8, 4) is 0 Å². The molecular formula is C10H10F3NO2S. The Kier molecular flexibility index (Phi) is 3.71. The second-order valence-corrected chi connectivity index (χ2v) is 5.49. The monoisotopic (exact) mass is 265 g/mol. The minimum Gasteiger partial charge on any atom is -0.480 e. The SMILES string of the molecule is CC(C)(Sc1ccc(C(F)(F)F)nc1)C(=O)O. The van der Waals surface area contributed by atoms with E-state index in [1.54, 1.807) is 0 Å². The average molecular weight is 265 g/mol. The van der Waals surface area contributed by atoms with Crippen LogP contribution in [0.2, 0.25) is 0 Å². The second-order valence-electron chi connectivity index (χ2n) is 3.79. The van der Waals surface area contributed by atoms with Crippen molar-refractivity contribution in [3.05, 3.63) is 24.0 Å². The van der Waals surface area contributed by atoms with Crippen LogP contribution in [0.1, 0.15) is 19.5 Å². The number of pyridine rings is 1. The maximum atomic E-state index is 12.2. The number of carbonyl (C=O) groups is 1. The molecule has 1 rings (SSSR count). The van der Waals surface area contributed by atoms with E-state index in [0.717, 1.165) is 24.0 Å². The van der Waals surface area contributed by atoms with Gasteiger partial charge in [0.25, 0.3) is 0 Å². The fourth-order valence-corrected chi connectivity index (χ4v) is 1.86. The topological polar surface area (TPSA) is 50.2 Å². The Hall–Kier alpha value is -1.24. The first kappa shape index (κ1) is 13.8. The van der Waals surface area contributed by atoms with Gasteiger partial charge < -0.3 is 5.11 Å². The number of alkyl halides is 3. The van der Waals surface area contributed by atoms with Crippen molar-refractivity contribution in [3.63, 3.8) is 0 Å². The number of nitrogens with zero attached hydrogens (tertiary/aromatic N) is 1. The molecule has 1 heterocycles. The Bertz CT molecular complexity index is 415. The number of rotatable bonds is 3. The maximum absolute atomic E-state index is 12.2. The van der Waals surface area contributed by atoms with Gasteiger partial charge in [-0.05, 0) is 26.0 Å². The third-order valence-corrected chi connectivity index (χ3v) is 3.08. The van der Waals surface area contributed by atoms with Gasteiger partial charge in [0.05, 0.1) is 0 Å². The Morgan fingerprint density at radius 1 is 1.35 bits per heavy atom. The summed E-state index contributed by atoms with van der Waals surface area (Å²) in [7, 11) is 0. The Morgan fingerprint density at radius 2 is 1.94 bits per heavy atom. The van der Waals surface area contributed by atoms with Crippen molar-refractivity contribution in [2.24, 2.45) is 0 Å². The zero-order chi connectivity index (χ0) is 13.3. The van der Waals surface area contributed by atoms with Gasteiger partial charge in [-0.2, -0.15) is 13.2 Å². The smallest absolute Gasteiger partial charge is 0.433 e. The molecule has 0 saturated carbocycles. The largest absolute Gasteiger partial charge is 0.480 e. The molecule has 1 aromatic rings. The Labute approximate surface area is 100 Å². The van der Waals surface area contributed by atoms with Crippen LogP contribution in [0.3, 0.4) is 0 Å². The number of aliphatic carboxylic acids is 1. The molecule has 0 fully saturated rings. The van der Waals surface area contributed by atoms with Gasteiger partial charge in [-0.3, -0.25) is 9.78 Å². The molecule has 0 radical (unpaired) electrons. The number of carboxylic acid groups (broad SMARTS) is 1. The molecule has 0 spiro atoms. The molecule has 7 heteroatoms. The molecule has 0 unspecified atom stereocenters. The summed E-state index contributed by atoms with van der Waals surface area (Å²) in [6, 6.07) is 2.05. The highest BCUT2D eigenvalue weighted by Gasteiger charge is 2.33. The first-order valence-electron chi connectivity index (χ1n) is 4.58. The van der Waals surface area contributed by atoms with E-state index in [1.165, 1.54) is 19.9 Å². The zero-order valence-electron chi connectivity index (χ0n) is 9.08. The van der Waals surface area contributed by atoms with Crippen molar-refractivity contribution in [2.75, 3.05) is 0 Å². The van der Waals surface area contributed by atoms with Crippen LogP contribution in [0.5, 0.6) is 0 Å². The highest BCUT2D eigenvalue weighted by Crippen LogP contribution is 2.34. The number of aromatic nitrogens is 1. The molecule has 0 aliphatic heterocycles. The molecule has 0 aliphatic rings. The van der Waals surface area contributed by atoms with Gasteiger partial charge in [-0.1, -0.05) is 0 Å². The molecule has 17 heavy (non-hydrogen) atoms. The molecule has 0 saturated heterocycles. The van der Waals surface area contributed by atoms with E-state index in [9.17, 15) is 18.0 Å². The summed E-state index contributed by atoms with van der Waals surface area (Å²) in [5.41, 5.74) is -0.991. The predicted molar refractivity (Wildman–Crippen MR) is 56.8 cm³/mol. The fourth-order valence-electron chi connectivity index (χ4n) is 0.947. The Morgan fingerprint density at radius 3 is 2.29 bits per heavy atom. The van der Waals surface area contributed by atoms with Gasteiger partial charge in [0.15, 0.2) is 0 Å². The lowest BCUT2D eigenvalue weighted by atomic mass is 10.2. The van der Waals surface area contributed by atoms with Gasteiger partial charge >= 0.3 is 12.1 Å². The van der Waals surface area contributed by atoms with Crippen molar-refractivity contribution in [2.45, 2.75) is 29.7 Å². The van der Waals surface area contributed by atoms with Crippen LogP contribution in [-0.4, -0.2) is 20.8 Å². The van der Waals surface area contributed by atoms with E-state index < -0.39 is 22.6 Å². The fraction of sp³-hybridized carbons (Fsp3) is 0.400. The molecule has 1 N–H and O–H groups in total. The third-order valence-electron chi connectivity index (χ3n) is 1.91. The molecule has 94 valence electrons. The van der Waals surface area contributed by atoms with E-state index in [0.29, 0.717) is 4.90 Å². The predicted octanol–water partition coefficient (Wildman–Crippen LogP) is 3.06. The van der Waals surface area contributed by atoms with E-state index in [-0.39, 0.29) is 0 Å². The van der Waals surface area contributed by atoms with Crippen LogP contribution >= 0.6 is 11.8 Å². The van der Waals surface area contributed by atoms with E-state index in [4.69, 9.17) is 5.11 Å². The minimum absolute atomic E-state index is 0.380. The van der Waals surface area contributed by atoms with Gasteiger partial charge in [0.2, 0.25) is 0 Å². The summed E-state index contributed by atoms with van der Waals surface area (Å²) in [6.07, 6.45) is -3.45. The quantitative estimate of drug-likeness (QED) is 0.853. The Balaban J connectivity index is 2.86. The normalized spacial score (nSPS) is 12.5. The van der Waals surface area contributed by atoms with Crippen molar-refractivity contribution < 1.29 is 23.1 Å². The van der Waals surface area contributed by atoms with Gasteiger partial charge in [-0.25, -0.2) is 0 Å². The lowest BCUT2D eigenvalue weighted by Crippen LogP contribution is -2.26. The van der Waals surface area contributed by atoms with Crippen LogP contribution in [0.25, 0.3) is 0 Å². The van der Waals surface area contributed by atoms with Gasteiger partial charge in [0.1, 0.15) is 10.4 Å². The first-order chi connectivity index (χ1) is 7.63. The zero-order valence-corrected chi connectivity index (χ0v) is 9.89. The molecule has 0 aromatic carbocycles. The molecular weight excluding hydrogens is 255 g/mol. The van der Waals surface area contributed by atoms with Crippen LogP contribution in [0.15, 0.2) is 23.2 Å². The summed E-state index contributed by atoms with van der Waals surface area (Å²) in [6.45, 7) is 2.94. The van der Waals surface area contributed by atoms with Gasteiger partial charge in [-0.15, -0.1) is 11.8 Å². The van der Waals surface area contributed by atoms with E-state index >= 15 is 0 Å². The van der Waals surface area contributed by atoms with E-state index in [2.05, 4.69) is 4.98 Å². The number of halogens is 3. The molecule has 0 aliphatic carbocycles. The number of carboxylic acids is 1. The number of hydrogen-bond acceptors (Lipinski definition) is 3. The van der Waals surface area contributed by atoms with Crippen LogP contribution in [0, 0.1) is 0 Å². The molecule has 0 amide bonds. The highest BCUT2D eigenvalue weighted by molar-refractivity contribution is 8.01. The molecule has 0 atom stereocenters. The number of hydrogen-bond donors (Lipinski definition) is 1. The van der Waals surface area contributed by atoms with Crippen LogP contribution in [0.4, 0.5) is 13.2 Å². The summed E-state index contributed by atoms with van der Waals surface area (Å²) in [5, 5.41) is 8.87. The number of thioether (sulfide) groups is 1. The third kappa shape index (κ3) is 3.62. The van der Waals surface area contributed by atoms with Crippen molar-refractivity contribution in [1.82, 2.24) is 4.98 Å². The molecule has 0 bridgehead atoms. The molecule has 3 nitrogen and oxygen atoms in total. The summed E-state index contributed by atoms with van der Waals surface area (Å²) in [5.74, 6) is -1.04. The summed E-state index contributed by atoms with van der Waals surface area (Å²) >= 11 is 0.944. The van der Waals surface area contributed by atoms with Crippen molar-refractivity contribution in [1.29, 1.82) is 0 Å². The lowest BCUT2D eigenvalue weighted by molar-refractivity contribution is -0.141. The second kappa shape index (κ2) is 4.56. The van der Waals surface area contributed by atoms with E-state index in [1.807, 2.05) is 0 Å². The maximum Gasteiger partial charge on any atom is 0.433 e. The average Bonchev–Trinajstić information content (AvgIpc) is 2.16. The van der Waals surface area contributed by atoms with Crippen LogP contribution in [-0.2, 0) is 11.0 Å². The minimum atomic E-state index is -4.48. The standard InChI is InChI=1S/C10H10F3NO2S/c1-9(2,8(15)16)17-6-3-4-7(14-5-6)10(11,12)13/h3-5H,1-2H3,(H,15,16). The highest BCUT2D eigenvalue weighted by atomic mass is 32.2. The van der Waals surface area contributed by atoms with Crippen LogP contribution < -0.4 is 0 Å². The lowest BCUT2D eigenvalue weighted by Gasteiger charge is -2.18. The summed E-state index contributed by atoms with van der Waals surface area (Å²) in [4.78, 5) is 14.5.